The molecule has 1 aromatic rings. The van der Waals surface area contributed by atoms with Crippen molar-refractivity contribution in [1.29, 1.82) is 0 Å². The molecule has 1 aliphatic heterocycles. The standard InChI is InChI=1S/C12H17FN4O3S/c13-11-10(4-1-5-15-11)12(18)17-6-2-3-9(8-17)7-16-21(14,19)20/h1,4-5,9,16H,2-3,6-8H2,(H2,14,19,20). The maximum Gasteiger partial charge on any atom is 0.274 e. The highest BCUT2D eigenvalue weighted by atomic mass is 32.2. The first-order valence-corrected chi connectivity index (χ1v) is 8.08. The van der Waals surface area contributed by atoms with E-state index in [0.717, 1.165) is 12.8 Å². The molecule has 0 radical (unpaired) electrons. The molecule has 1 saturated heterocycles. The van der Waals surface area contributed by atoms with E-state index in [0.29, 0.717) is 13.1 Å². The van der Waals surface area contributed by atoms with Gasteiger partial charge in [-0.1, -0.05) is 0 Å². The van der Waals surface area contributed by atoms with Gasteiger partial charge >= 0.3 is 0 Å². The van der Waals surface area contributed by atoms with Crippen molar-refractivity contribution in [2.24, 2.45) is 11.1 Å². The highest BCUT2D eigenvalue weighted by molar-refractivity contribution is 7.87. The number of rotatable bonds is 4. The molecule has 3 N–H and O–H groups in total. The Kier molecular flexibility index (Phi) is 4.86. The van der Waals surface area contributed by atoms with Crippen LogP contribution in [0.15, 0.2) is 18.3 Å². The maximum atomic E-state index is 13.5. The Hall–Kier alpha value is -1.58. The van der Waals surface area contributed by atoms with Gasteiger partial charge in [-0.2, -0.15) is 12.8 Å². The smallest absolute Gasteiger partial charge is 0.274 e. The fourth-order valence-electron chi connectivity index (χ4n) is 2.37. The van der Waals surface area contributed by atoms with Crippen molar-refractivity contribution < 1.29 is 17.6 Å². The van der Waals surface area contributed by atoms with Crippen LogP contribution < -0.4 is 9.86 Å². The molecule has 7 nitrogen and oxygen atoms in total. The maximum absolute atomic E-state index is 13.5. The Balaban J connectivity index is 2.01. The normalized spacial score (nSPS) is 19.5. The van der Waals surface area contributed by atoms with Gasteiger partial charge in [-0.05, 0) is 30.9 Å². The monoisotopic (exact) mass is 316 g/mol. The minimum atomic E-state index is -3.74. The van der Waals surface area contributed by atoms with E-state index in [9.17, 15) is 17.6 Å². The van der Waals surface area contributed by atoms with E-state index in [2.05, 4.69) is 9.71 Å². The first kappa shape index (κ1) is 15.8. The van der Waals surface area contributed by atoms with Crippen molar-refractivity contribution in [3.63, 3.8) is 0 Å². The van der Waals surface area contributed by atoms with Crippen LogP contribution in [0.4, 0.5) is 4.39 Å². The highest BCUT2D eigenvalue weighted by Crippen LogP contribution is 2.18. The lowest BCUT2D eigenvalue weighted by molar-refractivity contribution is 0.0670. The van der Waals surface area contributed by atoms with E-state index in [4.69, 9.17) is 5.14 Å². The molecule has 0 aromatic carbocycles. The zero-order chi connectivity index (χ0) is 15.5. The van der Waals surface area contributed by atoms with Crippen molar-refractivity contribution in [1.82, 2.24) is 14.6 Å². The first-order valence-electron chi connectivity index (χ1n) is 6.54. The summed E-state index contributed by atoms with van der Waals surface area (Å²) in [5.74, 6) is -1.27. The number of hydrogen-bond donors (Lipinski definition) is 2. The van der Waals surface area contributed by atoms with Crippen LogP contribution in [0.25, 0.3) is 0 Å². The van der Waals surface area contributed by atoms with Crippen molar-refractivity contribution in [3.8, 4) is 0 Å². The Morgan fingerprint density at radius 3 is 3.00 bits per heavy atom. The van der Waals surface area contributed by atoms with Crippen LogP contribution in [-0.4, -0.2) is 43.8 Å². The minimum Gasteiger partial charge on any atom is -0.338 e. The van der Waals surface area contributed by atoms with Gasteiger partial charge in [-0.15, -0.1) is 0 Å². The summed E-state index contributed by atoms with van der Waals surface area (Å²) >= 11 is 0. The molecule has 21 heavy (non-hydrogen) atoms. The van der Waals surface area contributed by atoms with E-state index in [1.54, 1.807) is 0 Å². The molecule has 0 spiro atoms. The van der Waals surface area contributed by atoms with E-state index < -0.39 is 22.1 Å². The molecule has 1 atom stereocenters. The number of nitrogens with one attached hydrogen (secondary N) is 1. The van der Waals surface area contributed by atoms with Crippen LogP contribution in [-0.2, 0) is 10.2 Å². The molecule has 0 saturated carbocycles. The summed E-state index contributed by atoms with van der Waals surface area (Å²) < 4.78 is 37.5. The topological polar surface area (TPSA) is 105 Å². The molecule has 116 valence electrons. The number of piperidine rings is 1. The molecule has 9 heteroatoms. The molecule has 2 rings (SSSR count). The van der Waals surface area contributed by atoms with E-state index in [-0.39, 0.29) is 18.0 Å². The van der Waals surface area contributed by atoms with Crippen LogP contribution >= 0.6 is 0 Å². The number of hydrogen-bond acceptors (Lipinski definition) is 4. The van der Waals surface area contributed by atoms with Gasteiger partial charge < -0.3 is 4.90 Å². The lowest BCUT2D eigenvalue weighted by atomic mass is 9.98. The molecule has 0 aliphatic carbocycles. The van der Waals surface area contributed by atoms with Crippen molar-refractivity contribution in [2.45, 2.75) is 12.8 Å². The fourth-order valence-corrected chi connectivity index (χ4v) is 2.83. The molecule has 0 bridgehead atoms. The Bertz CT molecular complexity index is 623. The van der Waals surface area contributed by atoms with Crippen LogP contribution in [0.2, 0.25) is 0 Å². The summed E-state index contributed by atoms with van der Waals surface area (Å²) in [6.07, 6.45) is 2.79. The predicted octanol–water partition coefficient (Wildman–Crippen LogP) is -0.134. The first-order chi connectivity index (χ1) is 9.87. The molecular weight excluding hydrogens is 299 g/mol. The average molecular weight is 316 g/mol. The number of pyridine rings is 1. The molecule has 1 aromatic heterocycles. The Morgan fingerprint density at radius 2 is 2.33 bits per heavy atom. The number of nitrogens with zero attached hydrogens (tertiary/aromatic N) is 2. The summed E-state index contributed by atoms with van der Waals surface area (Å²) in [7, 11) is -3.74. The number of carbonyl (C=O) groups is 1. The van der Waals surface area contributed by atoms with Crippen LogP contribution in [0.1, 0.15) is 23.2 Å². The lowest BCUT2D eigenvalue weighted by Gasteiger charge is -2.32. The lowest BCUT2D eigenvalue weighted by Crippen LogP contribution is -2.44. The van der Waals surface area contributed by atoms with Gasteiger partial charge in [0.2, 0.25) is 5.95 Å². The number of halogens is 1. The number of carbonyl (C=O) groups excluding carboxylic acids is 1. The van der Waals surface area contributed by atoms with Gasteiger partial charge in [-0.25, -0.2) is 14.8 Å². The highest BCUT2D eigenvalue weighted by Gasteiger charge is 2.26. The van der Waals surface area contributed by atoms with Crippen molar-refractivity contribution >= 4 is 16.1 Å². The molecule has 2 heterocycles. The minimum absolute atomic E-state index is 0.0410. The largest absolute Gasteiger partial charge is 0.338 e. The average Bonchev–Trinajstić information content (AvgIpc) is 2.44. The molecule has 1 fully saturated rings. The number of aromatic nitrogens is 1. The quantitative estimate of drug-likeness (QED) is 0.755. The summed E-state index contributed by atoms with van der Waals surface area (Å²) in [5.41, 5.74) is -0.0717. The second kappa shape index (κ2) is 6.46. The van der Waals surface area contributed by atoms with Crippen molar-refractivity contribution in [3.05, 3.63) is 29.8 Å². The summed E-state index contributed by atoms with van der Waals surface area (Å²) in [4.78, 5) is 17.2. The second-order valence-corrected chi connectivity index (χ2v) is 6.37. The third-order valence-electron chi connectivity index (χ3n) is 3.37. The molecular formula is C12H17FN4O3S. The summed E-state index contributed by atoms with van der Waals surface area (Å²) in [6, 6.07) is 2.89. The number of nitrogens with two attached hydrogens (primary N) is 1. The zero-order valence-corrected chi connectivity index (χ0v) is 12.1. The van der Waals surface area contributed by atoms with E-state index in [1.165, 1.54) is 23.2 Å². The van der Waals surface area contributed by atoms with Gasteiger partial charge in [0.05, 0.1) is 5.56 Å². The van der Waals surface area contributed by atoms with Gasteiger partial charge in [-0.3, -0.25) is 4.79 Å². The fraction of sp³-hybridized carbons (Fsp3) is 0.500. The Labute approximate surface area is 122 Å². The zero-order valence-electron chi connectivity index (χ0n) is 11.3. The molecule has 1 amide bonds. The van der Waals surface area contributed by atoms with Crippen molar-refractivity contribution in [2.75, 3.05) is 19.6 Å². The third kappa shape index (κ3) is 4.45. The van der Waals surface area contributed by atoms with Crippen LogP contribution in [0, 0.1) is 11.9 Å². The number of likely N-dealkylation sites (tertiary alicyclic amines) is 1. The van der Waals surface area contributed by atoms with E-state index in [1.807, 2.05) is 0 Å². The van der Waals surface area contributed by atoms with E-state index >= 15 is 0 Å². The van der Waals surface area contributed by atoms with Gasteiger partial charge in [0, 0.05) is 25.8 Å². The van der Waals surface area contributed by atoms with Gasteiger partial charge in [0.15, 0.2) is 0 Å². The summed E-state index contributed by atoms with van der Waals surface area (Å²) in [5, 5.41) is 4.88. The van der Waals surface area contributed by atoms with Gasteiger partial charge in [0.25, 0.3) is 16.1 Å². The second-order valence-electron chi connectivity index (χ2n) is 4.99. The van der Waals surface area contributed by atoms with Gasteiger partial charge in [0.1, 0.15) is 0 Å². The molecule has 1 unspecified atom stereocenters. The number of amides is 1. The molecule has 1 aliphatic rings. The summed E-state index contributed by atoms with van der Waals surface area (Å²) in [6.45, 7) is 1.03. The Morgan fingerprint density at radius 1 is 1.57 bits per heavy atom. The van der Waals surface area contributed by atoms with Crippen LogP contribution in [0.5, 0.6) is 0 Å². The SMILES string of the molecule is NS(=O)(=O)NCC1CCCN(C(=O)c2cccnc2F)C1. The van der Waals surface area contributed by atoms with Crippen LogP contribution in [0.3, 0.4) is 0 Å². The predicted molar refractivity (Wildman–Crippen MR) is 73.9 cm³/mol. The third-order valence-corrected chi connectivity index (χ3v) is 3.94.